The molecule has 3 aromatic rings. The summed E-state index contributed by atoms with van der Waals surface area (Å²) in [6, 6.07) is 16.0. The fourth-order valence-corrected chi connectivity index (χ4v) is 2.68. The van der Waals surface area contributed by atoms with Crippen molar-refractivity contribution in [3.05, 3.63) is 60.3 Å². The molecule has 0 unspecified atom stereocenters. The lowest BCUT2D eigenvalue weighted by Gasteiger charge is -2.22. The molecule has 0 fully saturated rings. The van der Waals surface area contributed by atoms with E-state index in [0.29, 0.717) is 12.6 Å². The molecule has 26 heavy (non-hydrogen) atoms. The van der Waals surface area contributed by atoms with Crippen molar-refractivity contribution in [2.24, 2.45) is 0 Å². The van der Waals surface area contributed by atoms with Crippen molar-refractivity contribution in [3.8, 4) is 5.75 Å². The molecule has 0 spiro atoms. The molecule has 1 aromatic heterocycles. The standard InChI is InChI=1S/C20H23N5O/c1-4-25(17-8-6-7-15(3)13-17)19-14-21-24-20(23-19)22-16-9-11-18(12-10-16)26-5-2/h6-14H,4-5H2,1-3H3,(H,22,23,24). The summed E-state index contributed by atoms with van der Waals surface area (Å²) >= 11 is 0. The van der Waals surface area contributed by atoms with E-state index in [1.807, 2.05) is 37.3 Å². The summed E-state index contributed by atoms with van der Waals surface area (Å²) in [6.45, 7) is 7.56. The number of nitrogens with one attached hydrogen (secondary N) is 1. The Morgan fingerprint density at radius 3 is 2.58 bits per heavy atom. The molecule has 0 aliphatic heterocycles. The molecule has 0 amide bonds. The van der Waals surface area contributed by atoms with E-state index < -0.39 is 0 Å². The Balaban J connectivity index is 1.80. The normalized spacial score (nSPS) is 10.4. The Morgan fingerprint density at radius 1 is 1.08 bits per heavy atom. The third-order valence-corrected chi connectivity index (χ3v) is 3.87. The topological polar surface area (TPSA) is 63.2 Å². The quantitative estimate of drug-likeness (QED) is 0.678. The molecule has 0 radical (unpaired) electrons. The van der Waals surface area contributed by atoms with Crippen LogP contribution in [0.25, 0.3) is 0 Å². The van der Waals surface area contributed by atoms with Gasteiger partial charge < -0.3 is 15.0 Å². The van der Waals surface area contributed by atoms with Gasteiger partial charge in [0.1, 0.15) is 5.75 Å². The number of ether oxygens (including phenoxy) is 1. The molecule has 0 aliphatic carbocycles. The van der Waals surface area contributed by atoms with Crippen LogP contribution in [0.5, 0.6) is 5.75 Å². The summed E-state index contributed by atoms with van der Waals surface area (Å²) in [7, 11) is 0. The van der Waals surface area contributed by atoms with E-state index in [9.17, 15) is 0 Å². The third kappa shape index (κ3) is 4.27. The van der Waals surface area contributed by atoms with Crippen LogP contribution in [0.4, 0.5) is 23.1 Å². The fourth-order valence-electron chi connectivity index (χ4n) is 2.68. The van der Waals surface area contributed by atoms with Crippen LogP contribution in [0.1, 0.15) is 19.4 Å². The highest BCUT2D eigenvalue weighted by Gasteiger charge is 2.11. The van der Waals surface area contributed by atoms with Crippen LogP contribution < -0.4 is 15.0 Å². The Labute approximate surface area is 153 Å². The lowest BCUT2D eigenvalue weighted by atomic mass is 10.2. The summed E-state index contributed by atoms with van der Waals surface area (Å²) in [5, 5.41) is 11.4. The van der Waals surface area contributed by atoms with Crippen molar-refractivity contribution in [3.63, 3.8) is 0 Å². The molecule has 6 nitrogen and oxygen atoms in total. The maximum Gasteiger partial charge on any atom is 0.249 e. The van der Waals surface area contributed by atoms with Gasteiger partial charge in [0.2, 0.25) is 5.95 Å². The monoisotopic (exact) mass is 349 g/mol. The second-order valence-electron chi connectivity index (χ2n) is 5.80. The summed E-state index contributed by atoms with van der Waals surface area (Å²) in [6.07, 6.45) is 1.68. The zero-order valence-electron chi connectivity index (χ0n) is 15.3. The third-order valence-electron chi connectivity index (χ3n) is 3.87. The maximum absolute atomic E-state index is 5.46. The van der Waals surface area contributed by atoms with Crippen molar-refractivity contribution in [2.75, 3.05) is 23.4 Å². The molecular formula is C20H23N5O. The van der Waals surface area contributed by atoms with E-state index in [4.69, 9.17) is 4.74 Å². The van der Waals surface area contributed by atoms with Crippen molar-refractivity contribution in [1.29, 1.82) is 0 Å². The fraction of sp³-hybridized carbons (Fsp3) is 0.250. The van der Waals surface area contributed by atoms with E-state index >= 15 is 0 Å². The van der Waals surface area contributed by atoms with E-state index in [2.05, 4.69) is 57.4 Å². The number of hydrogen-bond donors (Lipinski definition) is 1. The number of nitrogens with zero attached hydrogens (tertiary/aromatic N) is 4. The van der Waals surface area contributed by atoms with Gasteiger partial charge in [-0.05, 0) is 62.7 Å². The van der Waals surface area contributed by atoms with Gasteiger partial charge in [0.25, 0.3) is 0 Å². The SMILES string of the molecule is CCOc1ccc(Nc2nncc(N(CC)c3cccc(C)c3)n2)cc1. The average Bonchev–Trinajstić information content (AvgIpc) is 2.65. The molecule has 6 heteroatoms. The Morgan fingerprint density at radius 2 is 1.88 bits per heavy atom. The summed E-state index contributed by atoms with van der Waals surface area (Å²) in [5.41, 5.74) is 3.17. The van der Waals surface area contributed by atoms with Gasteiger partial charge in [-0.15, -0.1) is 5.10 Å². The second-order valence-corrected chi connectivity index (χ2v) is 5.80. The van der Waals surface area contributed by atoms with Crippen LogP contribution in [0.2, 0.25) is 0 Å². The van der Waals surface area contributed by atoms with Crippen LogP contribution in [0, 0.1) is 6.92 Å². The molecule has 3 rings (SSSR count). The van der Waals surface area contributed by atoms with Crippen molar-refractivity contribution >= 4 is 23.1 Å². The van der Waals surface area contributed by atoms with Gasteiger partial charge in [-0.1, -0.05) is 12.1 Å². The number of aryl methyl sites for hydroxylation is 1. The lowest BCUT2D eigenvalue weighted by Crippen LogP contribution is -2.18. The van der Waals surface area contributed by atoms with Gasteiger partial charge in [-0.2, -0.15) is 10.1 Å². The van der Waals surface area contributed by atoms with E-state index in [0.717, 1.165) is 29.5 Å². The van der Waals surface area contributed by atoms with Gasteiger partial charge in [-0.3, -0.25) is 0 Å². The second kappa shape index (κ2) is 8.29. The maximum atomic E-state index is 5.46. The molecule has 0 atom stereocenters. The Bertz CT molecular complexity index is 851. The van der Waals surface area contributed by atoms with Crippen LogP contribution in [-0.2, 0) is 0 Å². The minimum Gasteiger partial charge on any atom is -0.494 e. The predicted octanol–water partition coefficient (Wildman–Crippen LogP) is 4.48. The minimum atomic E-state index is 0.456. The van der Waals surface area contributed by atoms with E-state index in [-0.39, 0.29) is 0 Å². The van der Waals surface area contributed by atoms with Gasteiger partial charge in [0.15, 0.2) is 5.82 Å². The Kier molecular flexibility index (Phi) is 5.63. The first-order valence-electron chi connectivity index (χ1n) is 8.73. The van der Waals surface area contributed by atoms with Crippen LogP contribution in [-0.4, -0.2) is 28.3 Å². The lowest BCUT2D eigenvalue weighted by molar-refractivity contribution is 0.340. The average molecular weight is 349 g/mol. The molecule has 2 aromatic carbocycles. The van der Waals surface area contributed by atoms with Crippen LogP contribution in [0.3, 0.4) is 0 Å². The number of anilines is 4. The predicted molar refractivity (Wildman–Crippen MR) is 105 cm³/mol. The largest absolute Gasteiger partial charge is 0.494 e. The highest BCUT2D eigenvalue weighted by molar-refractivity contribution is 5.62. The molecule has 1 heterocycles. The number of rotatable bonds is 7. The highest BCUT2D eigenvalue weighted by Crippen LogP contribution is 2.25. The van der Waals surface area contributed by atoms with Crippen LogP contribution >= 0.6 is 0 Å². The van der Waals surface area contributed by atoms with Crippen molar-refractivity contribution in [1.82, 2.24) is 15.2 Å². The molecular weight excluding hydrogens is 326 g/mol. The molecule has 0 bridgehead atoms. The first-order chi connectivity index (χ1) is 12.7. The van der Waals surface area contributed by atoms with E-state index in [1.54, 1.807) is 6.20 Å². The molecule has 0 saturated carbocycles. The zero-order chi connectivity index (χ0) is 18.4. The summed E-state index contributed by atoms with van der Waals surface area (Å²) < 4.78 is 5.46. The summed E-state index contributed by atoms with van der Waals surface area (Å²) in [5.74, 6) is 2.04. The first-order valence-corrected chi connectivity index (χ1v) is 8.73. The first kappa shape index (κ1) is 17.7. The Hall–Kier alpha value is -3.15. The highest BCUT2D eigenvalue weighted by atomic mass is 16.5. The summed E-state index contributed by atoms with van der Waals surface area (Å²) in [4.78, 5) is 6.72. The van der Waals surface area contributed by atoms with E-state index in [1.165, 1.54) is 5.56 Å². The minimum absolute atomic E-state index is 0.456. The van der Waals surface area contributed by atoms with Gasteiger partial charge in [-0.25, -0.2) is 0 Å². The molecule has 0 saturated heterocycles. The zero-order valence-corrected chi connectivity index (χ0v) is 15.3. The van der Waals surface area contributed by atoms with Gasteiger partial charge in [0.05, 0.1) is 12.8 Å². The van der Waals surface area contributed by atoms with Crippen molar-refractivity contribution in [2.45, 2.75) is 20.8 Å². The van der Waals surface area contributed by atoms with Gasteiger partial charge >= 0.3 is 0 Å². The molecule has 0 aliphatic rings. The smallest absolute Gasteiger partial charge is 0.249 e. The van der Waals surface area contributed by atoms with Gasteiger partial charge in [0, 0.05) is 17.9 Å². The number of benzene rings is 2. The van der Waals surface area contributed by atoms with Crippen molar-refractivity contribution < 1.29 is 4.74 Å². The molecule has 1 N–H and O–H groups in total. The number of aromatic nitrogens is 3. The molecule has 134 valence electrons. The van der Waals surface area contributed by atoms with Crippen LogP contribution in [0.15, 0.2) is 54.7 Å². The number of hydrogen-bond acceptors (Lipinski definition) is 6.